The summed E-state index contributed by atoms with van der Waals surface area (Å²) in [6.07, 6.45) is 0. The van der Waals surface area contributed by atoms with E-state index in [1.54, 1.807) is 0 Å². The van der Waals surface area contributed by atoms with Gasteiger partial charge < -0.3 is 0 Å². The molecule has 0 aliphatic carbocycles. The predicted molar refractivity (Wildman–Crippen MR) is 94.2 cm³/mol. The zero-order valence-corrected chi connectivity index (χ0v) is 13.0. The van der Waals surface area contributed by atoms with Gasteiger partial charge in [0.25, 0.3) is 0 Å². The SMILES string of the molecule is Cc1ccccc1-c1cc2sc3ccccc3c2cc1C. The second kappa shape index (κ2) is 4.71. The first-order chi connectivity index (χ1) is 10.2. The molecule has 3 aromatic carbocycles. The van der Waals surface area contributed by atoms with Crippen LogP contribution in [0.15, 0.2) is 60.7 Å². The highest BCUT2D eigenvalue weighted by Crippen LogP contribution is 2.38. The molecule has 0 N–H and O–H groups in total. The third kappa shape index (κ3) is 1.97. The molecule has 1 aromatic heterocycles. The second-order valence-electron chi connectivity index (χ2n) is 5.58. The standard InChI is InChI=1S/C20H16S/c1-13-7-3-4-8-15(13)17-12-20-18(11-14(17)2)16-9-5-6-10-19(16)21-20/h3-12H,1-2H3. The maximum Gasteiger partial charge on any atom is 0.0361 e. The first-order valence-corrected chi connectivity index (χ1v) is 8.03. The Bertz CT molecular complexity index is 960. The minimum atomic E-state index is 1.33. The summed E-state index contributed by atoms with van der Waals surface area (Å²) >= 11 is 1.89. The van der Waals surface area contributed by atoms with Gasteiger partial charge in [-0.25, -0.2) is 0 Å². The highest BCUT2D eigenvalue weighted by molar-refractivity contribution is 7.25. The predicted octanol–water partition coefficient (Wildman–Crippen LogP) is 6.34. The number of thiophene rings is 1. The number of benzene rings is 3. The van der Waals surface area contributed by atoms with Crippen molar-refractivity contribution in [2.24, 2.45) is 0 Å². The van der Waals surface area contributed by atoms with Gasteiger partial charge >= 0.3 is 0 Å². The van der Waals surface area contributed by atoms with Crippen molar-refractivity contribution < 1.29 is 0 Å². The van der Waals surface area contributed by atoms with Crippen LogP contribution >= 0.6 is 11.3 Å². The Hall–Kier alpha value is -2.12. The number of fused-ring (bicyclic) bond motifs is 3. The Kier molecular flexibility index (Phi) is 2.83. The van der Waals surface area contributed by atoms with Crippen molar-refractivity contribution in [3.63, 3.8) is 0 Å². The third-order valence-electron chi connectivity index (χ3n) is 4.16. The first-order valence-electron chi connectivity index (χ1n) is 7.22. The summed E-state index contributed by atoms with van der Waals surface area (Å²) < 4.78 is 2.74. The van der Waals surface area contributed by atoms with E-state index < -0.39 is 0 Å². The summed E-state index contributed by atoms with van der Waals surface area (Å²) in [7, 11) is 0. The van der Waals surface area contributed by atoms with Gasteiger partial charge in [0.15, 0.2) is 0 Å². The molecule has 0 spiro atoms. The van der Waals surface area contributed by atoms with Crippen molar-refractivity contribution in [2.75, 3.05) is 0 Å². The van der Waals surface area contributed by atoms with Crippen molar-refractivity contribution >= 4 is 31.5 Å². The molecule has 0 bridgehead atoms. The Morgan fingerprint density at radius 2 is 1.38 bits per heavy atom. The summed E-state index contributed by atoms with van der Waals surface area (Å²) in [5.41, 5.74) is 5.38. The van der Waals surface area contributed by atoms with Crippen molar-refractivity contribution in [3.05, 3.63) is 71.8 Å². The van der Waals surface area contributed by atoms with Crippen LogP contribution < -0.4 is 0 Å². The smallest absolute Gasteiger partial charge is 0.0361 e. The summed E-state index contributed by atoms with van der Waals surface area (Å²) in [5, 5.41) is 2.75. The van der Waals surface area contributed by atoms with Crippen LogP contribution in [0.5, 0.6) is 0 Å². The Morgan fingerprint density at radius 1 is 0.619 bits per heavy atom. The molecule has 4 aromatic rings. The van der Waals surface area contributed by atoms with E-state index in [4.69, 9.17) is 0 Å². The molecular formula is C20H16S. The van der Waals surface area contributed by atoms with Crippen LogP contribution in [0, 0.1) is 13.8 Å². The van der Waals surface area contributed by atoms with Crippen LogP contribution in [0.3, 0.4) is 0 Å². The lowest BCUT2D eigenvalue weighted by molar-refractivity contribution is 1.43. The van der Waals surface area contributed by atoms with Gasteiger partial charge in [0.2, 0.25) is 0 Å². The van der Waals surface area contributed by atoms with Crippen molar-refractivity contribution in [2.45, 2.75) is 13.8 Å². The van der Waals surface area contributed by atoms with E-state index in [9.17, 15) is 0 Å². The number of hydrogen-bond acceptors (Lipinski definition) is 1. The van der Waals surface area contributed by atoms with Crippen LogP contribution in [0.4, 0.5) is 0 Å². The molecule has 0 nitrogen and oxygen atoms in total. The molecule has 0 amide bonds. The fraction of sp³-hybridized carbons (Fsp3) is 0.100. The lowest BCUT2D eigenvalue weighted by atomic mass is 9.95. The Morgan fingerprint density at radius 3 is 2.24 bits per heavy atom. The van der Waals surface area contributed by atoms with E-state index in [-0.39, 0.29) is 0 Å². The number of rotatable bonds is 1. The van der Waals surface area contributed by atoms with E-state index in [2.05, 4.69) is 74.5 Å². The molecule has 4 rings (SSSR count). The number of hydrogen-bond donors (Lipinski definition) is 0. The molecule has 0 unspecified atom stereocenters. The Balaban J connectivity index is 2.06. The largest absolute Gasteiger partial charge is 0.135 e. The van der Waals surface area contributed by atoms with Crippen LogP contribution in [0.2, 0.25) is 0 Å². The molecule has 0 radical (unpaired) electrons. The zero-order chi connectivity index (χ0) is 14.4. The molecule has 21 heavy (non-hydrogen) atoms. The van der Waals surface area contributed by atoms with E-state index in [1.807, 2.05) is 11.3 Å². The maximum atomic E-state index is 2.36. The Labute approximate surface area is 128 Å². The highest BCUT2D eigenvalue weighted by atomic mass is 32.1. The zero-order valence-electron chi connectivity index (χ0n) is 12.2. The first kappa shape index (κ1) is 12.6. The molecule has 1 heteroatoms. The fourth-order valence-electron chi connectivity index (χ4n) is 3.04. The molecule has 1 heterocycles. The van der Waals surface area contributed by atoms with Gasteiger partial charge in [-0.2, -0.15) is 0 Å². The van der Waals surface area contributed by atoms with E-state index >= 15 is 0 Å². The molecule has 0 aliphatic heterocycles. The maximum absolute atomic E-state index is 2.36. The molecular weight excluding hydrogens is 272 g/mol. The molecule has 0 saturated carbocycles. The van der Waals surface area contributed by atoms with Gasteiger partial charge in [-0.3, -0.25) is 0 Å². The average Bonchev–Trinajstić information content (AvgIpc) is 2.85. The number of aryl methyl sites for hydroxylation is 2. The van der Waals surface area contributed by atoms with Crippen molar-refractivity contribution in [1.82, 2.24) is 0 Å². The van der Waals surface area contributed by atoms with Gasteiger partial charge in [0.1, 0.15) is 0 Å². The molecule has 0 fully saturated rings. The monoisotopic (exact) mass is 288 g/mol. The summed E-state index contributed by atoms with van der Waals surface area (Å²) in [6.45, 7) is 4.40. The molecule has 0 atom stereocenters. The second-order valence-corrected chi connectivity index (χ2v) is 6.66. The van der Waals surface area contributed by atoms with Crippen molar-refractivity contribution in [1.29, 1.82) is 0 Å². The molecule has 102 valence electrons. The van der Waals surface area contributed by atoms with E-state index in [0.717, 1.165) is 0 Å². The summed E-state index contributed by atoms with van der Waals surface area (Å²) in [6, 6.07) is 22.0. The van der Waals surface area contributed by atoms with Crippen LogP contribution in [-0.2, 0) is 0 Å². The van der Waals surface area contributed by atoms with Gasteiger partial charge in [0.05, 0.1) is 0 Å². The van der Waals surface area contributed by atoms with Crippen LogP contribution in [-0.4, -0.2) is 0 Å². The van der Waals surface area contributed by atoms with Gasteiger partial charge in [0, 0.05) is 20.2 Å². The minimum Gasteiger partial charge on any atom is -0.135 e. The minimum absolute atomic E-state index is 1.33. The summed E-state index contributed by atoms with van der Waals surface area (Å²) in [4.78, 5) is 0. The average molecular weight is 288 g/mol. The van der Waals surface area contributed by atoms with Crippen LogP contribution in [0.25, 0.3) is 31.3 Å². The molecule has 0 aliphatic rings. The van der Waals surface area contributed by atoms with Crippen LogP contribution in [0.1, 0.15) is 11.1 Å². The van der Waals surface area contributed by atoms with Gasteiger partial charge in [-0.05, 0) is 54.3 Å². The lowest BCUT2D eigenvalue weighted by Gasteiger charge is -2.09. The third-order valence-corrected chi connectivity index (χ3v) is 5.29. The summed E-state index contributed by atoms with van der Waals surface area (Å²) in [5.74, 6) is 0. The topological polar surface area (TPSA) is 0 Å². The van der Waals surface area contributed by atoms with E-state index in [1.165, 1.54) is 42.4 Å². The lowest BCUT2D eigenvalue weighted by Crippen LogP contribution is -1.86. The normalized spacial score (nSPS) is 11.3. The van der Waals surface area contributed by atoms with Gasteiger partial charge in [-0.1, -0.05) is 42.5 Å². The van der Waals surface area contributed by atoms with E-state index in [0.29, 0.717) is 0 Å². The van der Waals surface area contributed by atoms with Crippen molar-refractivity contribution in [3.8, 4) is 11.1 Å². The van der Waals surface area contributed by atoms with Gasteiger partial charge in [-0.15, -0.1) is 11.3 Å². The highest BCUT2D eigenvalue weighted by Gasteiger charge is 2.10. The molecule has 0 saturated heterocycles. The fourth-order valence-corrected chi connectivity index (χ4v) is 4.17. The quantitative estimate of drug-likeness (QED) is 0.383.